The summed E-state index contributed by atoms with van der Waals surface area (Å²) in [6.07, 6.45) is 4.03. The summed E-state index contributed by atoms with van der Waals surface area (Å²) in [5, 5.41) is 11.1. The largest absolute Gasteiger partial charge is 0.490 e. The minimum atomic E-state index is -0.962. The molecule has 1 aromatic carbocycles. The molecule has 1 aromatic heterocycles. The lowest BCUT2D eigenvalue weighted by Crippen LogP contribution is -2.20. The van der Waals surface area contributed by atoms with Crippen molar-refractivity contribution in [3.05, 3.63) is 40.0 Å². The van der Waals surface area contributed by atoms with Crippen molar-refractivity contribution in [3.63, 3.8) is 0 Å². The number of aromatic nitrogens is 1. The summed E-state index contributed by atoms with van der Waals surface area (Å²) in [7, 11) is 1.39. The number of pyridine rings is 1. The van der Waals surface area contributed by atoms with E-state index in [9.17, 15) is 9.18 Å². The molecule has 2 N–H and O–H groups in total. The molecule has 0 aliphatic carbocycles. The van der Waals surface area contributed by atoms with Crippen LogP contribution in [0.15, 0.2) is 12.3 Å². The molecule has 2 aromatic rings. The third-order valence-corrected chi connectivity index (χ3v) is 5.30. The lowest BCUT2D eigenvalue weighted by Gasteiger charge is -2.16. The zero-order chi connectivity index (χ0) is 21.8. The monoisotopic (exact) mass is 440 g/mol. The number of aliphatic hydroxyl groups excluding tert-OH is 1. The van der Waals surface area contributed by atoms with E-state index in [2.05, 4.69) is 17.2 Å². The Bertz CT molecular complexity index is 955. The van der Waals surface area contributed by atoms with Gasteiger partial charge >= 0.3 is 0 Å². The van der Waals surface area contributed by atoms with E-state index in [4.69, 9.17) is 26.2 Å². The molecule has 0 bridgehead atoms. The molecule has 1 aliphatic heterocycles. The highest BCUT2D eigenvalue weighted by Gasteiger charge is 2.33. The third kappa shape index (κ3) is 4.20. The van der Waals surface area contributed by atoms with E-state index < -0.39 is 23.4 Å². The summed E-state index contributed by atoms with van der Waals surface area (Å²) in [4.78, 5) is 16.3. The second-order valence-electron chi connectivity index (χ2n) is 6.93. The maximum absolute atomic E-state index is 15.4. The van der Waals surface area contributed by atoms with E-state index in [-0.39, 0.29) is 46.8 Å². The number of halogens is 3. The number of fused-ring (bicyclic) bond motifs is 1. The molecule has 30 heavy (non-hydrogen) atoms. The molecule has 0 fully saturated rings. The summed E-state index contributed by atoms with van der Waals surface area (Å²) in [6, 6.07) is 1.19. The summed E-state index contributed by atoms with van der Waals surface area (Å²) < 4.78 is 41.1. The average Bonchev–Trinajstić information content (AvgIpc) is 3.14. The van der Waals surface area contributed by atoms with Gasteiger partial charge in [0.2, 0.25) is 0 Å². The highest BCUT2D eigenvalue weighted by atomic mass is 35.5. The van der Waals surface area contributed by atoms with Gasteiger partial charge in [-0.1, -0.05) is 31.4 Å². The van der Waals surface area contributed by atoms with Crippen LogP contribution in [0.2, 0.25) is 5.02 Å². The molecule has 0 radical (unpaired) electrons. The molecule has 6 nitrogen and oxygen atoms in total. The zero-order valence-corrected chi connectivity index (χ0v) is 17.5. The maximum Gasteiger partial charge on any atom is 0.253 e. The first kappa shape index (κ1) is 22.2. The topological polar surface area (TPSA) is 80.7 Å². The Kier molecular flexibility index (Phi) is 7.10. The highest BCUT2D eigenvalue weighted by Crippen LogP contribution is 2.46. The molecule has 3 rings (SSSR count). The number of hydrogen-bond acceptors (Lipinski definition) is 5. The van der Waals surface area contributed by atoms with E-state index in [1.54, 1.807) is 0 Å². The molecule has 0 saturated carbocycles. The van der Waals surface area contributed by atoms with Gasteiger partial charge in [0.1, 0.15) is 24.3 Å². The van der Waals surface area contributed by atoms with Crippen LogP contribution in [0.4, 0.5) is 8.78 Å². The fourth-order valence-corrected chi connectivity index (χ4v) is 3.78. The Hall–Kier alpha value is -2.45. The molecule has 1 atom stereocenters. The zero-order valence-electron chi connectivity index (χ0n) is 16.7. The smallest absolute Gasteiger partial charge is 0.253 e. The van der Waals surface area contributed by atoms with Crippen LogP contribution in [0, 0.1) is 11.6 Å². The quantitative estimate of drug-likeness (QED) is 0.650. The second-order valence-corrected chi connectivity index (χ2v) is 7.31. The van der Waals surface area contributed by atoms with Crippen LogP contribution in [-0.4, -0.2) is 42.4 Å². The molecule has 1 aliphatic rings. The van der Waals surface area contributed by atoms with Crippen molar-refractivity contribution in [1.29, 1.82) is 0 Å². The van der Waals surface area contributed by atoms with Crippen molar-refractivity contribution in [2.75, 3.05) is 20.3 Å². The molecule has 9 heteroatoms. The number of rotatable bonds is 8. The fourth-order valence-electron chi connectivity index (χ4n) is 3.51. The summed E-state index contributed by atoms with van der Waals surface area (Å²) in [5.74, 6) is -2.48. The minimum absolute atomic E-state index is 0.0537. The van der Waals surface area contributed by atoms with E-state index in [1.807, 2.05) is 0 Å². The van der Waals surface area contributed by atoms with Gasteiger partial charge in [0.05, 0.1) is 17.2 Å². The lowest BCUT2D eigenvalue weighted by molar-refractivity contribution is 0.0962. The van der Waals surface area contributed by atoms with Crippen molar-refractivity contribution in [3.8, 4) is 22.8 Å². The average molecular weight is 441 g/mol. The van der Waals surface area contributed by atoms with E-state index in [0.29, 0.717) is 12.0 Å². The molecule has 2 heterocycles. The van der Waals surface area contributed by atoms with Gasteiger partial charge in [-0.2, -0.15) is 0 Å². The first-order valence-corrected chi connectivity index (χ1v) is 10.1. The number of nitrogens with zero attached hydrogens (tertiary/aromatic N) is 1. The van der Waals surface area contributed by atoms with Crippen LogP contribution in [0.5, 0.6) is 11.6 Å². The minimum Gasteiger partial charge on any atom is -0.490 e. The number of ether oxygens (including phenoxy) is 2. The maximum atomic E-state index is 15.4. The number of carbonyl (C=O) groups excluding carboxylic acids is 1. The lowest BCUT2D eigenvalue weighted by atomic mass is 9.92. The van der Waals surface area contributed by atoms with Crippen molar-refractivity contribution in [2.24, 2.45) is 0 Å². The normalized spacial score (nSPS) is 14.9. The van der Waals surface area contributed by atoms with Gasteiger partial charge in [0.25, 0.3) is 11.8 Å². The molecule has 0 saturated heterocycles. The molecule has 1 amide bonds. The van der Waals surface area contributed by atoms with Crippen molar-refractivity contribution in [1.82, 2.24) is 10.3 Å². The van der Waals surface area contributed by atoms with Crippen LogP contribution in [0.3, 0.4) is 0 Å². The summed E-state index contributed by atoms with van der Waals surface area (Å²) in [5.41, 5.74) is 0.264. The summed E-state index contributed by atoms with van der Waals surface area (Å²) >= 11 is 6.28. The Labute approximate surface area is 178 Å². The van der Waals surface area contributed by atoms with E-state index in [0.717, 1.165) is 25.5 Å². The number of aliphatic hydroxyl groups is 1. The molecule has 1 unspecified atom stereocenters. The number of amides is 1. The van der Waals surface area contributed by atoms with E-state index in [1.165, 1.54) is 13.1 Å². The van der Waals surface area contributed by atoms with Gasteiger partial charge in [0, 0.05) is 42.4 Å². The second kappa shape index (κ2) is 9.57. The Morgan fingerprint density at radius 3 is 2.87 bits per heavy atom. The summed E-state index contributed by atoms with van der Waals surface area (Å²) in [6.45, 7) is 1.51. The van der Waals surface area contributed by atoms with Crippen molar-refractivity contribution >= 4 is 17.5 Å². The number of hydrogen-bond donors (Lipinski definition) is 2. The predicted molar refractivity (Wildman–Crippen MR) is 108 cm³/mol. The van der Waals surface area contributed by atoms with Gasteiger partial charge < -0.3 is 19.9 Å². The standard InChI is InChI=1S/C21H23ClF2N2O4/c1-3-4-5-11-8-12-15(30-11)9-14(23)18(22)16(12)17-13(20(28)25-2)10-26-21(19(17)24)29-7-6-27/h9-11,27H,3-8H2,1-2H3,(H,25,28). The van der Waals surface area contributed by atoms with Crippen LogP contribution < -0.4 is 14.8 Å². The van der Waals surface area contributed by atoms with Crippen molar-refractivity contribution in [2.45, 2.75) is 38.7 Å². The van der Waals surface area contributed by atoms with Crippen molar-refractivity contribution < 1.29 is 28.2 Å². The van der Waals surface area contributed by atoms with Crippen LogP contribution in [0.1, 0.15) is 42.1 Å². The van der Waals surface area contributed by atoms with Crippen LogP contribution in [0.25, 0.3) is 11.1 Å². The van der Waals surface area contributed by atoms with Crippen LogP contribution >= 0.6 is 11.6 Å². The predicted octanol–water partition coefficient (Wildman–Crippen LogP) is 3.90. The van der Waals surface area contributed by atoms with Gasteiger partial charge in [-0.25, -0.2) is 13.8 Å². The van der Waals surface area contributed by atoms with Gasteiger partial charge in [0.15, 0.2) is 5.82 Å². The number of nitrogens with one attached hydrogen (secondary N) is 1. The molecule has 0 spiro atoms. The first-order chi connectivity index (χ1) is 14.4. The van der Waals surface area contributed by atoms with Crippen LogP contribution in [-0.2, 0) is 6.42 Å². The fraction of sp³-hybridized carbons (Fsp3) is 0.429. The SMILES string of the molecule is CCCCC1Cc2c(cc(F)c(Cl)c2-c2c(C(=O)NC)cnc(OCCO)c2F)O1. The molecule has 162 valence electrons. The number of carbonyl (C=O) groups is 1. The Morgan fingerprint density at radius 1 is 1.43 bits per heavy atom. The Balaban J connectivity index is 2.21. The molecular weight excluding hydrogens is 418 g/mol. The Morgan fingerprint density at radius 2 is 2.20 bits per heavy atom. The van der Waals surface area contributed by atoms with Gasteiger partial charge in [-0.3, -0.25) is 4.79 Å². The van der Waals surface area contributed by atoms with Gasteiger partial charge in [-0.15, -0.1) is 0 Å². The molecular formula is C21H23ClF2N2O4. The number of benzene rings is 1. The number of unbranched alkanes of at least 4 members (excludes halogenated alkanes) is 1. The van der Waals surface area contributed by atoms with E-state index >= 15 is 4.39 Å². The third-order valence-electron chi connectivity index (χ3n) is 4.93. The highest BCUT2D eigenvalue weighted by molar-refractivity contribution is 6.34. The first-order valence-electron chi connectivity index (χ1n) is 9.74. The van der Waals surface area contributed by atoms with Gasteiger partial charge in [-0.05, 0) is 6.42 Å².